The van der Waals surface area contributed by atoms with Crippen molar-refractivity contribution in [1.82, 2.24) is 0 Å². The predicted molar refractivity (Wildman–Crippen MR) is 154 cm³/mol. The SMILES string of the molecule is CCCCCC(C)(C)C1(C(C)(C)CCCCC)COCCOCCOCCOCCOc2ccccc2O1. The number of unbranched alkanes of at least 4 members (excludes halogenated alkanes) is 4. The van der Waals surface area contributed by atoms with E-state index < -0.39 is 5.60 Å². The molecule has 220 valence electrons. The van der Waals surface area contributed by atoms with Crippen LogP contribution >= 0.6 is 0 Å². The minimum Gasteiger partial charge on any atom is -0.487 e. The van der Waals surface area contributed by atoms with Crippen molar-refractivity contribution in [3.8, 4) is 11.5 Å². The Balaban J connectivity index is 2.47. The van der Waals surface area contributed by atoms with E-state index in [-0.39, 0.29) is 10.8 Å². The van der Waals surface area contributed by atoms with Gasteiger partial charge in [0.1, 0.15) is 12.2 Å². The number of hydrogen-bond donors (Lipinski definition) is 0. The topological polar surface area (TPSA) is 55.4 Å². The van der Waals surface area contributed by atoms with Gasteiger partial charge in [-0.3, -0.25) is 0 Å². The quantitative estimate of drug-likeness (QED) is 0.289. The van der Waals surface area contributed by atoms with Gasteiger partial charge in [-0.05, 0) is 25.0 Å². The Hall–Kier alpha value is -1.34. The average molecular weight is 537 g/mol. The predicted octanol–water partition coefficient (Wildman–Crippen LogP) is 7.48. The normalized spacial score (nSPS) is 18.9. The molecule has 1 aromatic carbocycles. The summed E-state index contributed by atoms with van der Waals surface area (Å²) in [5, 5.41) is 0. The summed E-state index contributed by atoms with van der Waals surface area (Å²) in [6, 6.07) is 8.04. The third kappa shape index (κ3) is 10.0. The van der Waals surface area contributed by atoms with Crippen molar-refractivity contribution in [2.45, 2.75) is 98.5 Å². The molecule has 2 rings (SSSR count). The first kappa shape index (κ1) is 32.9. The number of rotatable bonds is 10. The van der Waals surface area contributed by atoms with E-state index in [4.69, 9.17) is 28.4 Å². The summed E-state index contributed by atoms with van der Waals surface area (Å²) in [6.45, 7) is 18.6. The molecule has 6 heteroatoms. The molecule has 1 aliphatic rings. The average Bonchev–Trinajstić information content (AvgIpc) is 2.88. The Morgan fingerprint density at radius 3 is 1.55 bits per heavy atom. The molecule has 0 aromatic heterocycles. The molecule has 0 unspecified atom stereocenters. The van der Waals surface area contributed by atoms with Crippen LogP contribution in [0.15, 0.2) is 24.3 Å². The van der Waals surface area contributed by atoms with Crippen LogP contribution in [-0.2, 0) is 18.9 Å². The fraction of sp³-hybridized carbons (Fsp3) is 0.812. The maximum Gasteiger partial charge on any atom is 0.162 e. The molecule has 0 N–H and O–H groups in total. The zero-order valence-corrected chi connectivity index (χ0v) is 25.3. The van der Waals surface area contributed by atoms with E-state index in [1.165, 1.54) is 25.7 Å². The Bertz CT molecular complexity index is 725. The van der Waals surface area contributed by atoms with Crippen molar-refractivity contribution in [2.24, 2.45) is 10.8 Å². The number of benzene rings is 1. The van der Waals surface area contributed by atoms with Crippen molar-refractivity contribution < 1.29 is 28.4 Å². The summed E-state index contributed by atoms with van der Waals surface area (Å²) in [7, 11) is 0. The van der Waals surface area contributed by atoms with Crippen molar-refractivity contribution in [3.63, 3.8) is 0 Å². The minimum atomic E-state index is -0.577. The molecule has 1 heterocycles. The highest BCUT2D eigenvalue weighted by Crippen LogP contribution is 2.53. The smallest absolute Gasteiger partial charge is 0.162 e. The highest BCUT2D eigenvalue weighted by atomic mass is 16.6. The molecule has 0 saturated heterocycles. The van der Waals surface area contributed by atoms with Gasteiger partial charge in [-0.25, -0.2) is 0 Å². The molecular weight excluding hydrogens is 480 g/mol. The molecule has 0 atom stereocenters. The largest absolute Gasteiger partial charge is 0.487 e. The molecule has 0 bridgehead atoms. The molecule has 0 saturated carbocycles. The van der Waals surface area contributed by atoms with Gasteiger partial charge < -0.3 is 28.4 Å². The molecule has 0 radical (unpaired) electrons. The fourth-order valence-electron chi connectivity index (χ4n) is 5.58. The first-order valence-corrected chi connectivity index (χ1v) is 15.0. The lowest BCUT2D eigenvalue weighted by atomic mass is 9.58. The van der Waals surface area contributed by atoms with E-state index in [1.807, 2.05) is 24.3 Å². The minimum absolute atomic E-state index is 0.149. The summed E-state index contributed by atoms with van der Waals surface area (Å²) in [5.74, 6) is 1.51. The maximum absolute atomic E-state index is 7.27. The molecule has 0 fully saturated rings. The first-order valence-electron chi connectivity index (χ1n) is 15.0. The third-order valence-corrected chi connectivity index (χ3v) is 8.04. The van der Waals surface area contributed by atoms with E-state index >= 15 is 0 Å². The van der Waals surface area contributed by atoms with Gasteiger partial charge in [-0.2, -0.15) is 0 Å². The summed E-state index contributed by atoms with van der Waals surface area (Å²) in [6.07, 6.45) is 9.27. The first-order chi connectivity index (χ1) is 18.3. The zero-order chi connectivity index (χ0) is 27.7. The standard InChI is InChI=1S/C32H56O6/c1-7-9-13-17-30(3,4)32(31(5,6)18-14-10-8-2)27-36-24-23-34-20-19-33-21-22-35-25-26-37-28-15-11-12-16-29(28)38-32/h11-12,15-16H,7-10,13-14,17-27H2,1-6H3. The summed E-state index contributed by atoms with van der Waals surface area (Å²) >= 11 is 0. The Kier molecular flexibility index (Phi) is 15.0. The lowest BCUT2D eigenvalue weighted by molar-refractivity contribution is -0.177. The van der Waals surface area contributed by atoms with Crippen LogP contribution in [0.25, 0.3) is 0 Å². The van der Waals surface area contributed by atoms with Gasteiger partial charge in [0, 0.05) is 10.8 Å². The van der Waals surface area contributed by atoms with Crippen molar-refractivity contribution >= 4 is 0 Å². The lowest BCUT2D eigenvalue weighted by Gasteiger charge is -2.55. The Morgan fingerprint density at radius 1 is 0.605 bits per heavy atom. The van der Waals surface area contributed by atoms with Gasteiger partial charge in [0.15, 0.2) is 11.5 Å². The molecule has 0 aliphatic carbocycles. The number of hydrogen-bond acceptors (Lipinski definition) is 6. The zero-order valence-electron chi connectivity index (χ0n) is 25.3. The Morgan fingerprint density at radius 2 is 1.05 bits per heavy atom. The number of para-hydroxylation sites is 2. The monoisotopic (exact) mass is 536 g/mol. The molecule has 1 aliphatic heterocycles. The van der Waals surface area contributed by atoms with Crippen LogP contribution in [0.1, 0.15) is 92.9 Å². The van der Waals surface area contributed by atoms with E-state index in [2.05, 4.69) is 41.5 Å². The number of ether oxygens (including phenoxy) is 6. The van der Waals surface area contributed by atoms with E-state index in [9.17, 15) is 0 Å². The molecule has 1 aromatic rings. The van der Waals surface area contributed by atoms with Gasteiger partial charge in [0.2, 0.25) is 0 Å². The van der Waals surface area contributed by atoms with Crippen LogP contribution in [-0.4, -0.2) is 65.1 Å². The summed E-state index contributed by atoms with van der Waals surface area (Å²) < 4.78 is 37.0. The van der Waals surface area contributed by atoms with Gasteiger partial charge in [-0.15, -0.1) is 0 Å². The summed E-state index contributed by atoms with van der Waals surface area (Å²) in [4.78, 5) is 0. The molecular formula is C32H56O6. The van der Waals surface area contributed by atoms with Crippen molar-refractivity contribution in [2.75, 3.05) is 59.5 Å². The van der Waals surface area contributed by atoms with Gasteiger partial charge >= 0.3 is 0 Å². The third-order valence-electron chi connectivity index (χ3n) is 8.04. The van der Waals surface area contributed by atoms with Crippen molar-refractivity contribution in [1.29, 1.82) is 0 Å². The van der Waals surface area contributed by atoms with E-state index in [0.717, 1.165) is 37.2 Å². The molecule has 0 amide bonds. The van der Waals surface area contributed by atoms with Crippen LogP contribution in [0.3, 0.4) is 0 Å². The lowest BCUT2D eigenvalue weighted by Crippen LogP contribution is -2.62. The van der Waals surface area contributed by atoms with Crippen molar-refractivity contribution in [3.05, 3.63) is 24.3 Å². The van der Waals surface area contributed by atoms with Crippen LogP contribution < -0.4 is 9.47 Å². The van der Waals surface area contributed by atoms with Gasteiger partial charge in [0.25, 0.3) is 0 Å². The second-order valence-corrected chi connectivity index (χ2v) is 11.8. The van der Waals surface area contributed by atoms with Crippen LogP contribution in [0.4, 0.5) is 0 Å². The van der Waals surface area contributed by atoms with Crippen LogP contribution in [0, 0.1) is 10.8 Å². The molecule has 0 spiro atoms. The maximum atomic E-state index is 7.27. The second-order valence-electron chi connectivity index (χ2n) is 11.8. The molecule has 6 nitrogen and oxygen atoms in total. The summed E-state index contributed by atoms with van der Waals surface area (Å²) in [5.41, 5.74) is -0.876. The van der Waals surface area contributed by atoms with Crippen LogP contribution in [0.2, 0.25) is 0 Å². The second kappa shape index (κ2) is 17.4. The fourth-order valence-corrected chi connectivity index (χ4v) is 5.58. The van der Waals surface area contributed by atoms with Gasteiger partial charge in [0.05, 0.1) is 52.9 Å². The highest BCUT2D eigenvalue weighted by molar-refractivity contribution is 5.40. The van der Waals surface area contributed by atoms with E-state index in [0.29, 0.717) is 59.5 Å². The Labute approximate surface area is 233 Å². The van der Waals surface area contributed by atoms with Crippen LogP contribution in [0.5, 0.6) is 11.5 Å². The molecule has 38 heavy (non-hydrogen) atoms. The van der Waals surface area contributed by atoms with Gasteiger partial charge in [-0.1, -0.05) is 92.2 Å². The van der Waals surface area contributed by atoms with E-state index in [1.54, 1.807) is 0 Å². The number of fused-ring (bicyclic) bond motifs is 1. The highest BCUT2D eigenvalue weighted by Gasteiger charge is 2.57.